The Labute approximate surface area is 126 Å². The van der Waals surface area contributed by atoms with E-state index in [1.165, 1.54) is 12.8 Å². The molecule has 0 atom stereocenters. The van der Waals surface area contributed by atoms with Crippen molar-refractivity contribution in [3.8, 4) is 0 Å². The summed E-state index contributed by atoms with van der Waals surface area (Å²) < 4.78 is 5.47. The van der Waals surface area contributed by atoms with Gasteiger partial charge in [-0.1, -0.05) is 6.92 Å². The van der Waals surface area contributed by atoms with Gasteiger partial charge in [0.2, 0.25) is 0 Å². The van der Waals surface area contributed by atoms with E-state index in [0.717, 1.165) is 56.5 Å². The van der Waals surface area contributed by atoms with Crippen LogP contribution in [0.5, 0.6) is 0 Å². The van der Waals surface area contributed by atoms with Gasteiger partial charge in [0.05, 0.1) is 0 Å². The zero-order valence-corrected chi connectivity index (χ0v) is 13.1. The van der Waals surface area contributed by atoms with Gasteiger partial charge >= 0.3 is 0 Å². The lowest BCUT2D eigenvalue weighted by atomic mass is 9.92. The third kappa shape index (κ3) is 3.84. The summed E-state index contributed by atoms with van der Waals surface area (Å²) in [7, 11) is 0. The molecule has 0 aromatic carbocycles. The first-order chi connectivity index (χ1) is 10.2. The molecular formula is C16H26N4O. The van der Waals surface area contributed by atoms with E-state index in [-0.39, 0.29) is 5.54 Å². The van der Waals surface area contributed by atoms with Crippen LogP contribution in [0.1, 0.15) is 57.7 Å². The summed E-state index contributed by atoms with van der Waals surface area (Å²) in [6.07, 6.45) is 5.59. The fourth-order valence-electron chi connectivity index (χ4n) is 2.65. The molecule has 0 bridgehead atoms. The summed E-state index contributed by atoms with van der Waals surface area (Å²) in [6.45, 7) is 7.02. The summed E-state index contributed by atoms with van der Waals surface area (Å²) in [6, 6.07) is 2.04. The molecule has 1 aromatic heterocycles. The predicted molar refractivity (Wildman–Crippen MR) is 84.9 cm³/mol. The van der Waals surface area contributed by atoms with E-state index >= 15 is 0 Å². The molecule has 2 aliphatic rings. The Morgan fingerprint density at radius 2 is 1.95 bits per heavy atom. The summed E-state index contributed by atoms with van der Waals surface area (Å²) in [5, 5.41) is 7.02. The second kappa shape index (κ2) is 6.18. The van der Waals surface area contributed by atoms with Crippen LogP contribution in [-0.4, -0.2) is 35.3 Å². The average Bonchev–Trinajstić information content (AvgIpc) is 3.30. The summed E-state index contributed by atoms with van der Waals surface area (Å²) >= 11 is 0. The van der Waals surface area contributed by atoms with Crippen molar-refractivity contribution >= 4 is 11.6 Å². The smallest absolute Gasteiger partial charge is 0.136 e. The lowest BCUT2D eigenvalue weighted by Gasteiger charge is -2.35. The monoisotopic (exact) mass is 290 g/mol. The molecule has 3 rings (SSSR count). The Bertz CT molecular complexity index is 481. The van der Waals surface area contributed by atoms with Gasteiger partial charge in [0, 0.05) is 37.3 Å². The number of nitrogens with zero attached hydrogens (tertiary/aromatic N) is 2. The van der Waals surface area contributed by atoms with Crippen LogP contribution >= 0.6 is 0 Å². The van der Waals surface area contributed by atoms with E-state index in [0.29, 0.717) is 5.92 Å². The van der Waals surface area contributed by atoms with Crippen molar-refractivity contribution in [2.45, 2.75) is 57.4 Å². The minimum absolute atomic E-state index is 0.0788. The second-order valence-corrected chi connectivity index (χ2v) is 6.50. The van der Waals surface area contributed by atoms with E-state index in [2.05, 4.69) is 29.5 Å². The summed E-state index contributed by atoms with van der Waals surface area (Å²) in [5.74, 6) is 3.47. The first kappa shape index (κ1) is 14.6. The molecule has 2 fully saturated rings. The molecule has 5 nitrogen and oxygen atoms in total. The van der Waals surface area contributed by atoms with Gasteiger partial charge in [-0.05, 0) is 39.0 Å². The molecule has 116 valence electrons. The van der Waals surface area contributed by atoms with Gasteiger partial charge in [0.15, 0.2) is 0 Å². The molecular weight excluding hydrogens is 264 g/mol. The van der Waals surface area contributed by atoms with Crippen molar-refractivity contribution in [3.63, 3.8) is 0 Å². The number of hydrogen-bond donors (Lipinski definition) is 2. The average molecular weight is 290 g/mol. The maximum Gasteiger partial charge on any atom is 0.136 e. The van der Waals surface area contributed by atoms with Gasteiger partial charge in [0.1, 0.15) is 17.5 Å². The Morgan fingerprint density at radius 1 is 1.24 bits per heavy atom. The van der Waals surface area contributed by atoms with Crippen LogP contribution in [0.4, 0.5) is 11.6 Å². The van der Waals surface area contributed by atoms with Crippen LogP contribution in [0.2, 0.25) is 0 Å². The Kier molecular flexibility index (Phi) is 4.29. The topological polar surface area (TPSA) is 59.1 Å². The number of nitrogens with one attached hydrogen (secondary N) is 2. The van der Waals surface area contributed by atoms with E-state index in [9.17, 15) is 0 Å². The molecule has 1 saturated heterocycles. The van der Waals surface area contributed by atoms with Crippen molar-refractivity contribution in [1.82, 2.24) is 9.97 Å². The van der Waals surface area contributed by atoms with E-state index in [1.54, 1.807) is 0 Å². The zero-order chi connectivity index (χ0) is 14.7. The maximum absolute atomic E-state index is 5.47. The number of anilines is 2. The Morgan fingerprint density at radius 3 is 2.62 bits per heavy atom. The molecule has 1 saturated carbocycles. The van der Waals surface area contributed by atoms with E-state index in [1.807, 2.05) is 6.07 Å². The molecule has 1 aliphatic heterocycles. The van der Waals surface area contributed by atoms with Gasteiger partial charge in [-0.25, -0.2) is 9.97 Å². The van der Waals surface area contributed by atoms with E-state index in [4.69, 9.17) is 9.72 Å². The lowest BCUT2D eigenvalue weighted by molar-refractivity contribution is 0.0657. The quantitative estimate of drug-likeness (QED) is 0.843. The normalized spacial score (nSPS) is 21.0. The van der Waals surface area contributed by atoms with Gasteiger partial charge in [0.25, 0.3) is 0 Å². The minimum Gasteiger partial charge on any atom is -0.381 e. The van der Waals surface area contributed by atoms with Crippen molar-refractivity contribution in [3.05, 3.63) is 11.9 Å². The second-order valence-electron chi connectivity index (χ2n) is 6.50. The summed E-state index contributed by atoms with van der Waals surface area (Å²) in [5.41, 5.74) is 0.0788. The SMILES string of the molecule is CCCNc1cc(NC2(C)CCOCC2)nc(C2CC2)n1. The minimum atomic E-state index is 0.0788. The van der Waals surface area contributed by atoms with Crippen LogP contribution in [0.3, 0.4) is 0 Å². The third-order valence-electron chi connectivity index (χ3n) is 4.27. The van der Waals surface area contributed by atoms with Crippen LogP contribution < -0.4 is 10.6 Å². The fourth-order valence-corrected chi connectivity index (χ4v) is 2.65. The zero-order valence-electron chi connectivity index (χ0n) is 13.1. The molecule has 2 N–H and O–H groups in total. The molecule has 5 heteroatoms. The van der Waals surface area contributed by atoms with Gasteiger partial charge in [-0.15, -0.1) is 0 Å². The number of aromatic nitrogens is 2. The highest BCUT2D eigenvalue weighted by Gasteiger charge is 2.30. The number of rotatable bonds is 6. The summed E-state index contributed by atoms with van der Waals surface area (Å²) in [4.78, 5) is 9.40. The standard InChI is InChI=1S/C16H26N4O/c1-3-8-17-13-11-14(19-15(18-13)12-4-5-12)20-16(2)6-9-21-10-7-16/h11-12H,3-10H2,1-2H3,(H2,17,18,19,20). The van der Waals surface area contributed by atoms with Crippen molar-refractivity contribution in [1.29, 1.82) is 0 Å². The highest BCUT2D eigenvalue weighted by atomic mass is 16.5. The first-order valence-corrected chi connectivity index (χ1v) is 8.17. The molecule has 0 radical (unpaired) electrons. The van der Waals surface area contributed by atoms with Crippen LogP contribution in [0.15, 0.2) is 6.07 Å². The molecule has 0 amide bonds. The Balaban J connectivity index is 1.77. The van der Waals surface area contributed by atoms with Crippen LogP contribution in [-0.2, 0) is 4.74 Å². The lowest BCUT2D eigenvalue weighted by Crippen LogP contribution is -2.41. The van der Waals surface area contributed by atoms with Crippen molar-refractivity contribution in [2.24, 2.45) is 0 Å². The predicted octanol–water partition coefficient (Wildman–Crippen LogP) is 3.16. The first-order valence-electron chi connectivity index (χ1n) is 8.17. The molecule has 1 aromatic rings. The highest BCUT2D eigenvalue weighted by molar-refractivity contribution is 5.49. The fraction of sp³-hybridized carbons (Fsp3) is 0.750. The Hall–Kier alpha value is -1.36. The maximum atomic E-state index is 5.47. The van der Waals surface area contributed by atoms with Crippen molar-refractivity contribution in [2.75, 3.05) is 30.4 Å². The molecule has 1 aliphatic carbocycles. The van der Waals surface area contributed by atoms with E-state index < -0.39 is 0 Å². The van der Waals surface area contributed by atoms with Gasteiger partial charge in [-0.3, -0.25) is 0 Å². The largest absolute Gasteiger partial charge is 0.381 e. The molecule has 2 heterocycles. The van der Waals surface area contributed by atoms with Gasteiger partial charge in [-0.2, -0.15) is 0 Å². The number of ether oxygens (including phenoxy) is 1. The highest BCUT2D eigenvalue weighted by Crippen LogP contribution is 2.39. The van der Waals surface area contributed by atoms with Gasteiger partial charge < -0.3 is 15.4 Å². The third-order valence-corrected chi connectivity index (χ3v) is 4.27. The molecule has 0 unspecified atom stereocenters. The van der Waals surface area contributed by atoms with Crippen LogP contribution in [0, 0.1) is 0 Å². The van der Waals surface area contributed by atoms with Crippen LogP contribution in [0.25, 0.3) is 0 Å². The number of hydrogen-bond acceptors (Lipinski definition) is 5. The molecule has 0 spiro atoms. The van der Waals surface area contributed by atoms with Crippen molar-refractivity contribution < 1.29 is 4.74 Å². The molecule has 21 heavy (non-hydrogen) atoms.